The molecule has 1 fully saturated rings. The molecule has 3 rings (SSSR count). The van der Waals surface area contributed by atoms with Gasteiger partial charge < -0.3 is 15.6 Å². The zero-order valence-corrected chi connectivity index (χ0v) is 7.59. The molecule has 0 bridgehead atoms. The molecule has 1 aromatic rings. The molecule has 1 saturated heterocycles. The predicted octanol–water partition coefficient (Wildman–Crippen LogP) is -1.01. The van der Waals surface area contributed by atoms with Crippen LogP contribution in [0.1, 0.15) is 5.69 Å². The number of rotatable bonds is 0. The van der Waals surface area contributed by atoms with Gasteiger partial charge in [0.25, 0.3) is 0 Å². The first-order valence-corrected chi connectivity index (χ1v) is 4.43. The van der Waals surface area contributed by atoms with Gasteiger partial charge in [0.2, 0.25) is 0 Å². The van der Waals surface area contributed by atoms with E-state index >= 15 is 0 Å². The zero-order chi connectivity index (χ0) is 9.71. The molecule has 1 aromatic heterocycles. The van der Waals surface area contributed by atoms with E-state index in [0.29, 0.717) is 5.48 Å². The van der Waals surface area contributed by atoms with Crippen molar-refractivity contribution in [2.45, 2.75) is 6.04 Å². The van der Waals surface area contributed by atoms with Gasteiger partial charge in [-0.25, -0.2) is 4.98 Å². The molecule has 4 nitrogen and oxygen atoms in total. The Labute approximate surface area is 80.7 Å². The molecular weight excluding hydrogens is 176 g/mol. The lowest BCUT2D eigenvalue weighted by Crippen LogP contribution is -2.26. The van der Waals surface area contributed by atoms with Crippen molar-refractivity contribution >= 4 is 18.7 Å². The van der Waals surface area contributed by atoms with Gasteiger partial charge in [0, 0.05) is 5.70 Å². The summed E-state index contributed by atoms with van der Waals surface area (Å²) in [6.45, 7) is 7.58. The van der Waals surface area contributed by atoms with Crippen LogP contribution in [0.3, 0.4) is 0 Å². The molecule has 14 heavy (non-hydrogen) atoms. The van der Waals surface area contributed by atoms with Crippen LogP contribution in [0.5, 0.6) is 0 Å². The summed E-state index contributed by atoms with van der Waals surface area (Å²) in [6.07, 6.45) is 4.09. The molecule has 70 valence electrons. The van der Waals surface area contributed by atoms with Gasteiger partial charge in [-0.1, -0.05) is 13.2 Å². The van der Waals surface area contributed by atoms with E-state index in [0.717, 1.165) is 22.6 Å². The summed E-state index contributed by atoms with van der Waals surface area (Å²) in [7, 11) is 0. The molecule has 0 aromatic carbocycles. The number of hydrogen-bond donors (Lipinski definition) is 3. The van der Waals surface area contributed by atoms with Crippen LogP contribution in [0.25, 0.3) is 18.7 Å². The van der Waals surface area contributed by atoms with E-state index in [4.69, 9.17) is 0 Å². The SMILES string of the molecule is C=C1NC2=Cc3nc(=C)[nH]c3=CC2N1. The molecular formula is C10H10N4. The van der Waals surface area contributed by atoms with Crippen LogP contribution in [0, 0.1) is 0 Å². The molecule has 2 heterocycles. The summed E-state index contributed by atoms with van der Waals surface area (Å²) in [6, 6.07) is 0.190. The monoisotopic (exact) mass is 186 g/mol. The highest BCUT2D eigenvalue weighted by Gasteiger charge is 2.23. The molecule has 4 heteroatoms. The Morgan fingerprint density at radius 3 is 3.07 bits per heavy atom. The number of hydrogen-bond acceptors (Lipinski definition) is 3. The minimum Gasteiger partial charge on any atom is -0.360 e. The number of aromatic amines is 1. The van der Waals surface area contributed by atoms with Crippen LogP contribution in [0.4, 0.5) is 0 Å². The molecule has 0 amide bonds. The fraction of sp³-hybridized carbons (Fsp3) is 0.100. The van der Waals surface area contributed by atoms with Gasteiger partial charge in [0.05, 0.1) is 22.9 Å². The van der Waals surface area contributed by atoms with Crippen molar-refractivity contribution < 1.29 is 0 Å². The first-order valence-electron chi connectivity index (χ1n) is 4.43. The maximum absolute atomic E-state index is 4.26. The van der Waals surface area contributed by atoms with E-state index in [1.807, 2.05) is 6.08 Å². The van der Waals surface area contributed by atoms with Gasteiger partial charge in [0.1, 0.15) is 5.48 Å². The molecule has 0 saturated carbocycles. The lowest BCUT2D eigenvalue weighted by molar-refractivity contribution is 0.869. The van der Waals surface area contributed by atoms with Crippen LogP contribution in [0.2, 0.25) is 0 Å². The van der Waals surface area contributed by atoms with E-state index in [1.165, 1.54) is 0 Å². The Bertz CT molecular complexity index is 549. The van der Waals surface area contributed by atoms with E-state index in [-0.39, 0.29) is 6.04 Å². The fourth-order valence-electron chi connectivity index (χ4n) is 1.81. The highest BCUT2D eigenvalue weighted by Crippen LogP contribution is 2.15. The third-order valence-corrected chi connectivity index (χ3v) is 2.40. The second-order valence-corrected chi connectivity index (χ2v) is 3.47. The Balaban J connectivity index is 2.22. The lowest BCUT2D eigenvalue weighted by Gasteiger charge is -2.08. The summed E-state index contributed by atoms with van der Waals surface area (Å²) in [5.74, 6) is 0.831. The van der Waals surface area contributed by atoms with Gasteiger partial charge >= 0.3 is 0 Å². The summed E-state index contributed by atoms with van der Waals surface area (Å²) in [5.41, 5.74) is 2.72. The van der Waals surface area contributed by atoms with Gasteiger partial charge in [-0.15, -0.1) is 0 Å². The third kappa shape index (κ3) is 0.907. The van der Waals surface area contributed by atoms with E-state index < -0.39 is 0 Å². The second kappa shape index (κ2) is 2.29. The average Bonchev–Trinajstić information content (AvgIpc) is 2.59. The van der Waals surface area contributed by atoms with Crippen LogP contribution in [-0.4, -0.2) is 16.0 Å². The van der Waals surface area contributed by atoms with Crippen LogP contribution < -0.4 is 21.5 Å². The average molecular weight is 186 g/mol. The first-order chi connectivity index (χ1) is 6.72. The van der Waals surface area contributed by atoms with E-state index in [2.05, 4.69) is 39.8 Å². The standard InChI is InChI=1S/C10H10N4/c1-5-11-7-3-9-10(4-8(7)12-5)14-6(2)13-9/h3-4,7,11-13H,1-2H2. The van der Waals surface area contributed by atoms with Crippen molar-refractivity contribution in [3.05, 3.63) is 34.6 Å². The number of H-pyrrole nitrogens is 1. The number of nitrogens with zero attached hydrogens (tertiary/aromatic N) is 1. The molecule has 3 N–H and O–H groups in total. The number of aromatic nitrogens is 2. The number of imidazole rings is 1. The minimum atomic E-state index is 0.190. The van der Waals surface area contributed by atoms with Gasteiger partial charge in [-0.3, -0.25) is 0 Å². The topological polar surface area (TPSA) is 52.7 Å². The Morgan fingerprint density at radius 2 is 2.21 bits per heavy atom. The van der Waals surface area contributed by atoms with Crippen molar-refractivity contribution in [3.8, 4) is 0 Å². The van der Waals surface area contributed by atoms with Crippen molar-refractivity contribution in [1.29, 1.82) is 0 Å². The van der Waals surface area contributed by atoms with Crippen molar-refractivity contribution in [2.24, 2.45) is 0 Å². The van der Waals surface area contributed by atoms with Crippen molar-refractivity contribution in [1.82, 2.24) is 20.6 Å². The summed E-state index contributed by atoms with van der Waals surface area (Å²) >= 11 is 0. The number of nitrogens with one attached hydrogen (secondary N) is 3. The maximum atomic E-state index is 4.26. The molecule has 1 aliphatic heterocycles. The summed E-state index contributed by atoms with van der Waals surface area (Å²) in [4.78, 5) is 7.37. The Hall–Kier alpha value is -1.97. The largest absolute Gasteiger partial charge is 0.360 e. The molecule has 0 spiro atoms. The predicted molar refractivity (Wildman–Crippen MR) is 55.0 cm³/mol. The molecule has 0 radical (unpaired) electrons. The Morgan fingerprint density at radius 1 is 1.36 bits per heavy atom. The highest BCUT2D eigenvalue weighted by molar-refractivity contribution is 5.63. The fourth-order valence-corrected chi connectivity index (χ4v) is 1.81. The van der Waals surface area contributed by atoms with Gasteiger partial charge in [-0.2, -0.15) is 0 Å². The van der Waals surface area contributed by atoms with E-state index in [9.17, 15) is 0 Å². The first kappa shape index (κ1) is 7.44. The van der Waals surface area contributed by atoms with Crippen LogP contribution in [-0.2, 0) is 0 Å². The highest BCUT2D eigenvalue weighted by atomic mass is 15.2. The normalized spacial score (nSPS) is 22.7. The Kier molecular flexibility index (Phi) is 1.21. The summed E-state index contributed by atoms with van der Waals surface area (Å²) < 4.78 is 0. The zero-order valence-electron chi connectivity index (χ0n) is 7.59. The van der Waals surface area contributed by atoms with Crippen molar-refractivity contribution in [2.75, 3.05) is 0 Å². The second-order valence-electron chi connectivity index (χ2n) is 3.47. The molecule has 1 unspecified atom stereocenters. The minimum absolute atomic E-state index is 0.190. The quantitative estimate of drug-likeness (QED) is 0.486. The van der Waals surface area contributed by atoms with Crippen LogP contribution >= 0.6 is 0 Å². The smallest absolute Gasteiger partial charge is 0.123 e. The third-order valence-electron chi connectivity index (χ3n) is 2.40. The maximum Gasteiger partial charge on any atom is 0.123 e. The summed E-state index contributed by atoms with van der Waals surface area (Å²) in [5, 5.41) is 7.39. The van der Waals surface area contributed by atoms with Crippen LogP contribution in [0.15, 0.2) is 18.1 Å². The van der Waals surface area contributed by atoms with Gasteiger partial charge in [0.15, 0.2) is 0 Å². The molecule has 1 aliphatic carbocycles. The van der Waals surface area contributed by atoms with Gasteiger partial charge in [-0.05, 0) is 12.2 Å². The molecule has 1 atom stereocenters. The van der Waals surface area contributed by atoms with Crippen molar-refractivity contribution in [3.63, 3.8) is 0 Å². The number of fused-ring (bicyclic) bond motifs is 2. The lowest BCUT2D eigenvalue weighted by atomic mass is 10.1. The van der Waals surface area contributed by atoms with E-state index in [1.54, 1.807) is 0 Å². The molecule has 2 aliphatic rings.